The number of rotatable bonds is 6. The molecule has 1 nitrogen and oxygen atoms in total. The zero-order chi connectivity index (χ0) is 12.0. The van der Waals surface area contributed by atoms with Crippen molar-refractivity contribution in [2.24, 2.45) is 0 Å². The first-order chi connectivity index (χ1) is 7.69. The number of nitrogens with zero attached hydrogens (tertiary/aromatic N) is 1. The van der Waals surface area contributed by atoms with E-state index in [9.17, 15) is 4.39 Å². The predicted octanol–water partition coefficient (Wildman–Crippen LogP) is 4.20. The number of halogens is 3. The van der Waals surface area contributed by atoms with Crippen molar-refractivity contribution in [1.82, 2.24) is 4.90 Å². The Morgan fingerprint density at radius 2 is 2.06 bits per heavy atom. The van der Waals surface area contributed by atoms with Crippen LogP contribution in [0.25, 0.3) is 0 Å². The molecule has 0 spiro atoms. The zero-order valence-electron chi connectivity index (χ0n) is 9.35. The van der Waals surface area contributed by atoms with E-state index in [0.717, 1.165) is 36.9 Å². The summed E-state index contributed by atoms with van der Waals surface area (Å²) in [6, 6.07) is 5.19. The van der Waals surface area contributed by atoms with E-state index in [4.69, 9.17) is 0 Å². The van der Waals surface area contributed by atoms with Crippen LogP contribution in [-0.4, -0.2) is 23.3 Å². The second-order valence-electron chi connectivity index (χ2n) is 3.68. The van der Waals surface area contributed by atoms with Gasteiger partial charge in [0.25, 0.3) is 0 Å². The van der Waals surface area contributed by atoms with Gasteiger partial charge in [-0.1, -0.05) is 35.0 Å². The van der Waals surface area contributed by atoms with Gasteiger partial charge < -0.3 is 0 Å². The van der Waals surface area contributed by atoms with Crippen LogP contribution in [0.2, 0.25) is 0 Å². The van der Waals surface area contributed by atoms with Crippen molar-refractivity contribution in [1.29, 1.82) is 0 Å². The fourth-order valence-corrected chi connectivity index (χ4v) is 2.51. The summed E-state index contributed by atoms with van der Waals surface area (Å²) in [6.07, 6.45) is 1.11. The quantitative estimate of drug-likeness (QED) is 0.693. The first-order valence-corrected chi connectivity index (χ1v) is 7.31. The van der Waals surface area contributed by atoms with E-state index in [1.54, 1.807) is 6.07 Å². The summed E-state index contributed by atoms with van der Waals surface area (Å²) >= 11 is 6.74. The van der Waals surface area contributed by atoms with E-state index >= 15 is 0 Å². The van der Waals surface area contributed by atoms with Crippen LogP contribution in [-0.2, 0) is 6.54 Å². The van der Waals surface area contributed by atoms with Crippen LogP contribution in [0.15, 0.2) is 22.7 Å². The van der Waals surface area contributed by atoms with Gasteiger partial charge in [0.1, 0.15) is 5.82 Å². The summed E-state index contributed by atoms with van der Waals surface area (Å²) in [7, 11) is 0. The maximum Gasteiger partial charge on any atom is 0.137 e. The second-order valence-corrected chi connectivity index (χ2v) is 5.26. The van der Waals surface area contributed by atoms with Gasteiger partial charge in [0.2, 0.25) is 0 Å². The maximum absolute atomic E-state index is 13.3. The van der Waals surface area contributed by atoms with Crippen molar-refractivity contribution in [2.45, 2.75) is 19.9 Å². The fourth-order valence-electron chi connectivity index (χ4n) is 1.62. The van der Waals surface area contributed by atoms with Gasteiger partial charge in [-0.3, -0.25) is 4.90 Å². The molecule has 4 heteroatoms. The van der Waals surface area contributed by atoms with Crippen molar-refractivity contribution < 1.29 is 4.39 Å². The van der Waals surface area contributed by atoms with Crippen LogP contribution in [0.4, 0.5) is 4.39 Å². The average molecular weight is 353 g/mol. The normalized spacial score (nSPS) is 11.1. The zero-order valence-corrected chi connectivity index (χ0v) is 12.5. The van der Waals surface area contributed by atoms with E-state index in [1.807, 2.05) is 6.07 Å². The molecule has 90 valence electrons. The molecule has 0 radical (unpaired) electrons. The Balaban J connectivity index is 2.72. The molecule has 0 aliphatic heterocycles. The molecule has 0 bridgehead atoms. The molecule has 0 saturated carbocycles. The second kappa shape index (κ2) is 7.41. The van der Waals surface area contributed by atoms with Crippen molar-refractivity contribution >= 4 is 31.9 Å². The Morgan fingerprint density at radius 3 is 2.69 bits per heavy atom. The van der Waals surface area contributed by atoms with Crippen LogP contribution in [0.1, 0.15) is 18.9 Å². The lowest BCUT2D eigenvalue weighted by molar-refractivity contribution is 0.283. The molecule has 0 atom stereocenters. The predicted molar refractivity (Wildman–Crippen MR) is 73.5 cm³/mol. The molecule has 0 amide bonds. The summed E-state index contributed by atoms with van der Waals surface area (Å²) in [6.45, 7) is 4.96. The van der Waals surface area contributed by atoms with Gasteiger partial charge in [0, 0.05) is 18.4 Å². The monoisotopic (exact) mass is 351 g/mol. The highest BCUT2D eigenvalue weighted by atomic mass is 79.9. The highest BCUT2D eigenvalue weighted by Crippen LogP contribution is 2.21. The molecule has 0 N–H and O–H groups in total. The van der Waals surface area contributed by atoms with Gasteiger partial charge in [-0.05, 0) is 40.5 Å². The molecule has 0 saturated heterocycles. The molecule has 1 aromatic carbocycles. The summed E-state index contributed by atoms with van der Waals surface area (Å²) in [4.78, 5) is 2.31. The van der Waals surface area contributed by atoms with E-state index < -0.39 is 0 Å². The topological polar surface area (TPSA) is 3.24 Å². The van der Waals surface area contributed by atoms with Gasteiger partial charge in [0.15, 0.2) is 0 Å². The molecule has 0 unspecified atom stereocenters. The molecule has 1 rings (SSSR count). The number of benzene rings is 1. The molecule has 0 heterocycles. The van der Waals surface area contributed by atoms with E-state index in [1.165, 1.54) is 6.07 Å². The average Bonchev–Trinajstić information content (AvgIpc) is 2.25. The molecule has 0 aliphatic carbocycles. The van der Waals surface area contributed by atoms with E-state index in [0.29, 0.717) is 4.47 Å². The third-order valence-corrected chi connectivity index (χ3v) is 3.61. The first kappa shape index (κ1) is 14.1. The van der Waals surface area contributed by atoms with Crippen LogP contribution in [0, 0.1) is 5.82 Å². The van der Waals surface area contributed by atoms with E-state index in [2.05, 4.69) is 43.7 Å². The Hall–Kier alpha value is 0.0700. The van der Waals surface area contributed by atoms with Crippen LogP contribution in [0.5, 0.6) is 0 Å². The van der Waals surface area contributed by atoms with E-state index in [-0.39, 0.29) is 5.82 Å². The lowest BCUT2D eigenvalue weighted by atomic mass is 10.2. The standard InChI is InChI=1S/C12H16Br2FN/c1-2-7-16(8-6-13)9-10-4-3-5-11(15)12(10)14/h3-5H,2,6-9H2,1H3. The van der Waals surface area contributed by atoms with Crippen molar-refractivity contribution in [3.8, 4) is 0 Å². The molecule has 0 aliphatic rings. The lowest BCUT2D eigenvalue weighted by Crippen LogP contribution is -2.26. The minimum absolute atomic E-state index is 0.187. The SMILES string of the molecule is CCCN(CCBr)Cc1cccc(F)c1Br. The number of hydrogen-bond donors (Lipinski definition) is 0. The van der Waals surface area contributed by atoms with Gasteiger partial charge in [-0.15, -0.1) is 0 Å². The Labute approximate surface area is 113 Å². The van der Waals surface area contributed by atoms with Gasteiger partial charge >= 0.3 is 0 Å². The summed E-state index contributed by atoms with van der Waals surface area (Å²) in [5.41, 5.74) is 1.01. The van der Waals surface area contributed by atoms with Crippen LogP contribution >= 0.6 is 31.9 Å². The highest BCUT2D eigenvalue weighted by Gasteiger charge is 2.09. The van der Waals surface area contributed by atoms with Gasteiger partial charge in [-0.25, -0.2) is 4.39 Å². The van der Waals surface area contributed by atoms with Crippen molar-refractivity contribution in [2.75, 3.05) is 18.4 Å². The van der Waals surface area contributed by atoms with Crippen LogP contribution < -0.4 is 0 Å². The van der Waals surface area contributed by atoms with Gasteiger partial charge in [-0.2, -0.15) is 0 Å². The molecule has 1 aromatic rings. The fraction of sp³-hybridized carbons (Fsp3) is 0.500. The molecule has 0 aromatic heterocycles. The maximum atomic E-state index is 13.3. The Kier molecular flexibility index (Phi) is 6.54. The Bertz CT molecular complexity index is 325. The third-order valence-electron chi connectivity index (χ3n) is 2.37. The van der Waals surface area contributed by atoms with Crippen molar-refractivity contribution in [3.05, 3.63) is 34.1 Å². The highest BCUT2D eigenvalue weighted by molar-refractivity contribution is 9.10. The Morgan fingerprint density at radius 1 is 1.31 bits per heavy atom. The minimum atomic E-state index is -0.187. The smallest absolute Gasteiger partial charge is 0.137 e. The number of alkyl halides is 1. The van der Waals surface area contributed by atoms with Crippen molar-refractivity contribution in [3.63, 3.8) is 0 Å². The molecule has 16 heavy (non-hydrogen) atoms. The lowest BCUT2D eigenvalue weighted by Gasteiger charge is -2.21. The van der Waals surface area contributed by atoms with Gasteiger partial charge in [0.05, 0.1) is 4.47 Å². The summed E-state index contributed by atoms with van der Waals surface area (Å²) in [5, 5.41) is 0.944. The van der Waals surface area contributed by atoms with Crippen LogP contribution in [0.3, 0.4) is 0 Å². The first-order valence-electron chi connectivity index (χ1n) is 5.40. The molecular weight excluding hydrogens is 337 g/mol. The number of hydrogen-bond acceptors (Lipinski definition) is 1. The third kappa shape index (κ3) is 4.15. The molecular formula is C12H16Br2FN. The largest absolute Gasteiger partial charge is 0.298 e. The summed E-state index contributed by atoms with van der Waals surface area (Å²) < 4.78 is 13.9. The minimum Gasteiger partial charge on any atom is -0.298 e. The summed E-state index contributed by atoms with van der Waals surface area (Å²) in [5.74, 6) is -0.187. The molecule has 0 fully saturated rings.